The van der Waals surface area contributed by atoms with E-state index >= 15 is 0 Å². The van der Waals surface area contributed by atoms with Gasteiger partial charge in [0.05, 0.1) is 19.3 Å². The van der Waals surface area contributed by atoms with Crippen LogP contribution in [0.5, 0.6) is 5.75 Å². The maximum Gasteiger partial charge on any atom is 0.268 e. The van der Waals surface area contributed by atoms with Crippen molar-refractivity contribution in [3.8, 4) is 5.75 Å². The second-order valence-corrected chi connectivity index (χ2v) is 9.11. The molecule has 3 aromatic rings. The Morgan fingerprint density at radius 3 is 2.58 bits per heavy atom. The van der Waals surface area contributed by atoms with Crippen molar-refractivity contribution in [1.29, 1.82) is 0 Å². The minimum absolute atomic E-state index is 0.0607. The average Bonchev–Trinajstić information content (AvgIpc) is 3.37. The molecule has 0 radical (unpaired) electrons. The summed E-state index contributed by atoms with van der Waals surface area (Å²) in [5.74, 6) is -0.750. The van der Waals surface area contributed by atoms with Crippen molar-refractivity contribution in [3.05, 3.63) is 95.1 Å². The molecule has 2 amide bonds. The number of anilines is 1. The summed E-state index contributed by atoms with van der Waals surface area (Å²) >= 11 is 1.40. The molecule has 0 bridgehead atoms. The summed E-state index contributed by atoms with van der Waals surface area (Å²) in [5, 5.41) is 0. The van der Waals surface area contributed by atoms with Crippen LogP contribution >= 0.6 is 11.8 Å². The third-order valence-corrected chi connectivity index (χ3v) is 7.45. The van der Waals surface area contributed by atoms with E-state index in [1.807, 2.05) is 12.1 Å². The first-order valence-corrected chi connectivity index (χ1v) is 11.4. The molecule has 1 atom stereocenters. The number of amides is 2. The Bertz CT molecular complexity index is 1250. The lowest BCUT2D eigenvalue weighted by Gasteiger charge is -2.33. The quantitative estimate of drug-likeness (QED) is 0.566. The fourth-order valence-corrected chi connectivity index (χ4v) is 5.90. The zero-order valence-electron chi connectivity index (χ0n) is 17.8. The van der Waals surface area contributed by atoms with Gasteiger partial charge in [-0.1, -0.05) is 24.3 Å². The number of para-hydroxylation sites is 1. The summed E-state index contributed by atoms with van der Waals surface area (Å²) in [6, 6.07) is 17.3. The topological polar surface area (TPSA) is 49.9 Å². The number of thioether (sulfide) groups is 1. The minimum Gasteiger partial charge on any atom is -0.497 e. The van der Waals surface area contributed by atoms with Crippen LogP contribution in [0.25, 0.3) is 0 Å². The Morgan fingerprint density at radius 1 is 1.09 bits per heavy atom. The van der Waals surface area contributed by atoms with Crippen molar-refractivity contribution in [2.45, 2.75) is 11.4 Å². The highest BCUT2D eigenvalue weighted by atomic mass is 32.2. The first-order chi connectivity index (χ1) is 16.0. The van der Waals surface area contributed by atoms with Gasteiger partial charge in [0.1, 0.15) is 17.4 Å². The van der Waals surface area contributed by atoms with Gasteiger partial charge in [-0.15, -0.1) is 11.8 Å². The van der Waals surface area contributed by atoms with Crippen LogP contribution in [0.4, 0.5) is 14.5 Å². The highest BCUT2D eigenvalue weighted by molar-refractivity contribution is 8.01. The summed E-state index contributed by atoms with van der Waals surface area (Å²) in [6.07, 6.45) is 0. The van der Waals surface area contributed by atoms with Gasteiger partial charge in [0.15, 0.2) is 4.87 Å². The summed E-state index contributed by atoms with van der Waals surface area (Å²) in [6.45, 7) is 0.336. The predicted octanol–water partition coefficient (Wildman–Crippen LogP) is 4.56. The molecule has 1 fully saturated rings. The minimum atomic E-state index is -1.23. The normalized spacial score (nSPS) is 19.3. The van der Waals surface area contributed by atoms with Gasteiger partial charge >= 0.3 is 0 Å². The zero-order chi connectivity index (χ0) is 23.2. The number of hydrogen-bond donors (Lipinski definition) is 0. The maximum atomic E-state index is 14.4. The number of rotatable bonds is 4. The molecule has 168 valence electrons. The summed E-state index contributed by atoms with van der Waals surface area (Å²) in [5.41, 5.74) is 1.97. The van der Waals surface area contributed by atoms with Crippen molar-refractivity contribution in [1.82, 2.24) is 4.90 Å². The Morgan fingerprint density at radius 2 is 1.85 bits per heavy atom. The van der Waals surface area contributed by atoms with E-state index in [-0.39, 0.29) is 23.9 Å². The van der Waals surface area contributed by atoms with Crippen LogP contribution in [0.15, 0.2) is 66.7 Å². The highest BCUT2D eigenvalue weighted by Crippen LogP contribution is 2.54. The van der Waals surface area contributed by atoms with Crippen LogP contribution in [0.1, 0.15) is 21.5 Å². The molecular weight excluding hydrogens is 446 g/mol. The number of carbonyl (C=O) groups excluding carboxylic acids is 2. The summed E-state index contributed by atoms with van der Waals surface area (Å²) < 4.78 is 33.0. The molecule has 2 aliphatic rings. The van der Waals surface area contributed by atoms with Crippen molar-refractivity contribution in [2.75, 3.05) is 24.3 Å². The molecule has 2 heterocycles. The van der Waals surface area contributed by atoms with Crippen LogP contribution in [0.2, 0.25) is 0 Å². The van der Waals surface area contributed by atoms with E-state index in [0.717, 1.165) is 6.07 Å². The number of halogens is 2. The molecule has 2 aliphatic heterocycles. The lowest BCUT2D eigenvalue weighted by molar-refractivity contribution is -0.123. The third-order valence-electron chi connectivity index (χ3n) is 6.03. The van der Waals surface area contributed by atoms with E-state index in [9.17, 15) is 18.4 Å². The Balaban J connectivity index is 1.55. The average molecular weight is 467 g/mol. The van der Waals surface area contributed by atoms with Crippen LogP contribution in [0.3, 0.4) is 0 Å². The van der Waals surface area contributed by atoms with Gasteiger partial charge in [-0.2, -0.15) is 0 Å². The van der Waals surface area contributed by atoms with Crippen LogP contribution in [-0.2, 0) is 16.2 Å². The van der Waals surface area contributed by atoms with Gasteiger partial charge in [0.2, 0.25) is 0 Å². The van der Waals surface area contributed by atoms with Gasteiger partial charge in [-0.25, -0.2) is 8.78 Å². The lowest BCUT2D eigenvalue weighted by Crippen LogP contribution is -2.50. The molecular formula is C25H20F2N2O3S. The number of fused-ring (bicyclic) bond motifs is 2. The number of hydrogen-bond acceptors (Lipinski definition) is 4. The lowest BCUT2D eigenvalue weighted by atomic mass is 10.0. The molecule has 0 aliphatic carbocycles. The highest BCUT2D eigenvalue weighted by Gasteiger charge is 2.59. The smallest absolute Gasteiger partial charge is 0.268 e. The molecule has 5 rings (SSSR count). The number of ether oxygens (including phenoxy) is 1. The van der Waals surface area contributed by atoms with Gasteiger partial charge in [0, 0.05) is 35.1 Å². The van der Waals surface area contributed by atoms with Gasteiger partial charge < -0.3 is 14.5 Å². The zero-order valence-corrected chi connectivity index (χ0v) is 18.6. The molecule has 8 heteroatoms. The number of methoxy groups -OCH3 is 1. The number of carbonyl (C=O) groups is 2. The first kappa shape index (κ1) is 21.5. The Kier molecular flexibility index (Phi) is 5.32. The van der Waals surface area contributed by atoms with Crippen molar-refractivity contribution >= 4 is 29.3 Å². The fourth-order valence-electron chi connectivity index (χ4n) is 4.43. The summed E-state index contributed by atoms with van der Waals surface area (Å²) in [4.78, 5) is 29.3. The second kappa shape index (κ2) is 8.19. The van der Waals surface area contributed by atoms with E-state index in [1.54, 1.807) is 48.4 Å². The van der Waals surface area contributed by atoms with Crippen molar-refractivity contribution in [2.24, 2.45) is 0 Å². The third kappa shape index (κ3) is 3.36. The molecule has 1 saturated heterocycles. The number of benzene rings is 3. The Labute approximate surface area is 193 Å². The van der Waals surface area contributed by atoms with Gasteiger partial charge in [-0.05, 0) is 36.4 Å². The summed E-state index contributed by atoms with van der Waals surface area (Å²) in [7, 11) is 1.55. The standard InChI is InChI=1S/C25H20F2N2O3S/c1-32-19-10-7-16(8-11-19)23(30)29-12-13-33-25(29)20-4-2-3-5-22(20)28(24(25)31)15-17-6-9-18(26)14-21(17)27/h2-11,14H,12-13,15H2,1H3. The molecule has 0 saturated carbocycles. The Hall–Kier alpha value is -3.39. The van der Waals surface area contributed by atoms with E-state index < -0.39 is 16.5 Å². The molecule has 1 unspecified atom stereocenters. The molecule has 0 N–H and O–H groups in total. The van der Waals surface area contributed by atoms with Crippen LogP contribution in [0, 0.1) is 11.6 Å². The van der Waals surface area contributed by atoms with Crippen molar-refractivity contribution < 1.29 is 23.1 Å². The van der Waals surface area contributed by atoms with E-state index in [0.29, 0.717) is 34.9 Å². The van der Waals surface area contributed by atoms with E-state index in [1.165, 1.54) is 28.8 Å². The second-order valence-electron chi connectivity index (χ2n) is 7.82. The molecule has 33 heavy (non-hydrogen) atoms. The van der Waals surface area contributed by atoms with Gasteiger partial charge in [0.25, 0.3) is 11.8 Å². The largest absolute Gasteiger partial charge is 0.497 e. The monoisotopic (exact) mass is 466 g/mol. The molecule has 1 spiro atoms. The van der Waals surface area contributed by atoms with E-state index in [2.05, 4.69) is 0 Å². The maximum absolute atomic E-state index is 14.4. The van der Waals surface area contributed by atoms with Gasteiger partial charge in [-0.3, -0.25) is 9.59 Å². The molecule has 5 nitrogen and oxygen atoms in total. The SMILES string of the molecule is COc1ccc(C(=O)N2CCSC23C(=O)N(Cc2ccc(F)cc2F)c2ccccc23)cc1. The van der Waals surface area contributed by atoms with Crippen LogP contribution in [-0.4, -0.2) is 36.1 Å². The number of nitrogens with zero attached hydrogens (tertiary/aromatic N) is 2. The predicted molar refractivity (Wildman–Crippen MR) is 122 cm³/mol. The van der Waals surface area contributed by atoms with Crippen molar-refractivity contribution in [3.63, 3.8) is 0 Å². The first-order valence-electron chi connectivity index (χ1n) is 10.4. The fraction of sp³-hybridized carbons (Fsp3) is 0.200. The molecule has 0 aromatic heterocycles. The molecule has 3 aromatic carbocycles. The van der Waals surface area contributed by atoms with Crippen LogP contribution < -0.4 is 9.64 Å². The van der Waals surface area contributed by atoms with E-state index in [4.69, 9.17) is 4.74 Å².